The Morgan fingerprint density at radius 1 is 1.27 bits per heavy atom. The van der Waals surface area contributed by atoms with E-state index in [1.54, 1.807) is 0 Å². The summed E-state index contributed by atoms with van der Waals surface area (Å²) in [4.78, 5) is 35.2. The molecule has 120 valence electrons. The van der Waals surface area contributed by atoms with E-state index >= 15 is 0 Å². The SMILES string of the molecule is COC(=O)c1c(NC(=O)C(Cl)Cl)sc2c1[C@H](C(=O)OC)CC2. The predicted octanol–water partition coefficient (Wildman–Crippen LogP) is 2.48. The number of alkyl halides is 2. The zero-order valence-electron chi connectivity index (χ0n) is 11.8. The fraction of sp³-hybridized carbons (Fsp3) is 0.462. The number of anilines is 1. The fourth-order valence-corrected chi connectivity index (χ4v) is 3.78. The molecule has 6 nitrogen and oxygen atoms in total. The minimum absolute atomic E-state index is 0.165. The van der Waals surface area contributed by atoms with Gasteiger partial charge in [-0.05, 0) is 18.4 Å². The Morgan fingerprint density at radius 2 is 1.95 bits per heavy atom. The Kier molecular flexibility index (Phi) is 5.31. The van der Waals surface area contributed by atoms with Crippen molar-refractivity contribution in [2.45, 2.75) is 23.6 Å². The van der Waals surface area contributed by atoms with Gasteiger partial charge >= 0.3 is 11.9 Å². The van der Waals surface area contributed by atoms with E-state index in [0.29, 0.717) is 18.4 Å². The maximum Gasteiger partial charge on any atom is 0.341 e. The zero-order valence-corrected chi connectivity index (χ0v) is 14.1. The minimum atomic E-state index is -1.26. The van der Waals surface area contributed by atoms with Crippen LogP contribution in [-0.4, -0.2) is 36.9 Å². The van der Waals surface area contributed by atoms with Gasteiger partial charge in [-0.2, -0.15) is 0 Å². The first-order chi connectivity index (χ1) is 10.4. The van der Waals surface area contributed by atoms with Gasteiger partial charge in [0.1, 0.15) is 5.00 Å². The zero-order chi connectivity index (χ0) is 16.4. The van der Waals surface area contributed by atoms with E-state index in [2.05, 4.69) is 5.32 Å². The highest BCUT2D eigenvalue weighted by Crippen LogP contribution is 2.45. The molecular formula is C13H13Cl2NO5S. The number of hydrogen-bond acceptors (Lipinski definition) is 6. The molecule has 0 aromatic carbocycles. The van der Waals surface area contributed by atoms with Crippen molar-refractivity contribution in [3.05, 3.63) is 16.0 Å². The number of ether oxygens (including phenoxy) is 2. The number of hydrogen-bond donors (Lipinski definition) is 1. The predicted molar refractivity (Wildman–Crippen MR) is 82.9 cm³/mol. The van der Waals surface area contributed by atoms with Crippen molar-refractivity contribution >= 4 is 57.4 Å². The fourth-order valence-electron chi connectivity index (χ4n) is 2.40. The molecule has 0 aliphatic heterocycles. The number of halogens is 2. The lowest BCUT2D eigenvalue weighted by Gasteiger charge is -2.11. The number of fused-ring (bicyclic) bond motifs is 1. The van der Waals surface area contributed by atoms with Crippen LogP contribution in [0.2, 0.25) is 0 Å². The summed E-state index contributed by atoms with van der Waals surface area (Å²) >= 11 is 12.2. The first kappa shape index (κ1) is 17.1. The van der Waals surface area contributed by atoms with Gasteiger partial charge in [0.15, 0.2) is 4.84 Å². The standard InChI is InChI=1S/C13H13Cl2NO5S/c1-20-12(18)5-3-4-6-7(5)8(13(19)21-2)11(22-6)16-10(17)9(14)15/h5,9H,3-4H2,1-2H3,(H,16,17)/t5-/m1/s1. The monoisotopic (exact) mass is 365 g/mol. The summed E-state index contributed by atoms with van der Waals surface area (Å²) in [6, 6.07) is 0. The summed E-state index contributed by atoms with van der Waals surface area (Å²) in [5.74, 6) is -2.25. The first-order valence-corrected chi connectivity index (χ1v) is 8.00. The average molecular weight is 366 g/mol. The van der Waals surface area contributed by atoms with Crippen LogP contribution in [0.3, 0.4) is 0 Å². The lowest BCUT2D eigenvalue weighted by molar-refractivity contribution is -0.142. The van der Waals surface area contributed by atoms with Gasteiger partial charge < -0.3 is 14.8 Å². The molecule has 1 aliphatic carbocycles. The number of rotatable bonds is 4. The molecule has 0 saturated carbocycles. The Hall–Kier alpha value is -1.31. The molecule has 1 atom stereocenters. The van der Waals surface area contributed by atoms with E-state index in [4.69, 9.17) is 32.7 Å². The van der Waals surface area contributed by atoms with E-state index in [9.17, 15) is 14.4 Å². The van der Waals surface area contributed by atoms with Gasteiger partial charge in [-0.3, -0.25) is 9.59 Å². The highest BCUT2D eigenvalue weighted by atomic mass is 35.5. The highest BCUT2D eigenvalue weighted by Gasteiger charge is 2.38. The van der Waals surface area contributed by atoms with E-state index in [-0.39, 0.29) is 10.6 Å². The lowest BCUT2D eigenvalue weighted by Crippen LogP contribution is -2.21. The smallest absolute Gasteiger partial charge is 0.341 e. The molecule has 1 aromatic rings. The van der Waals surface area contributed by atoms with Gasteiger partial charge in [0.25, 0.3) is 5.91 Å². The van der Waals surface area contributed by atoms with Gasteiger partial charge in [-0.1, -0.05) is 23.2 Å². The second kappa shape index (κ2) is 6.85. The van der Waals surface area contributed by atoms with E-state index in [1.807, 2.05) is 0 Å². The largest absolute Gasteiger partial charge is 0.469 e. The molecule has 1 aromatic heterocycles. The summed E-state index contributed by atoms with van der Waals surface area (Å²) in [6.07, 6.45) is 1.17. The van der Waals surface area contributed by atoms with E-state index < -0.39 is 28.6 Å². The van der Waals surface area contributed by atoms with Crippen molar-refractivity contribution < 1.29 is 23.9 Å². The molecule has 0 radical (unpaired) electrons. The molecule has 0 saturated heterocycles. The number of nitrogens with one attached hydrogen (secondary N) is 1. The molecule has 2 rings (SSSR count). The molecule has 1 aliphatic rings. The number of aryl methyl sites for hydroxylation is 1. The first-order valence-electron chi connectivity index (χ1n) is 6.31. The third kappa shape index (κ3) is 3.06. The Labute approximate surface area is 140 Å². The minimum Gasteiger partial charge on any atom is -0.469 e. The molecule has 1 heterocycles. The Balaban J connectivity index is 2.47. The van der Waals surface area contributed by atoms with Crippen LogP contribution in [0.25, 0.3) is 0 Å². The molecule has 0 fully saturated rings. The summed E-state index contributed by atoms with van der Waals surface area (Å²) in [6.45, 7) is 0. The van der Waals surface area contributed by atoms with Gasteiger partial charge in [-0.15, -0.1) is 11.3 Å². The summed E-state index contributed by atoms with van der Waals surface area (Å²) < 4.78 is 9.53. The quantitative estimate of drug-likeness (QED) is 0.654. The molecule has 0 unspecified atom stereocenters. The van der Waals surface area contributed by atoms with E-state index in [0.717, 1.165) is 4.88 Å². The maximum absolute atomic E-state index is 12.1. The van der Waals surface area contributed by atoms with Crippen molar-refractivity contribution in [2.24, 2.45) is 0 Å². The van der Waals surface area contributed by atoms with Crippen LogP contribution in [0.1, 0.15) is 33.1 Å². The van der Waals surface area contributed by atoms with E-state index in [1.165, 1.54) is 25.6 Å². The third-order valence-corrected chi connectivity index (χ3v) is 4.92. The number of esters is 2. The summed E-state index contributed by atoms with van der Waals surface area (Å²) in [7, 11) is 2.52. The van der Waals surface area contributed by atoms with Crippen LogP contribution >= 0.6 is 34.5 Å². The summed E-state index contributed by atoms with van der Waals surface area (Å²) in [5.41, 5.74) is 0.720. The second-order valence-electron chi connectivity index (χ2n) is 4.54. The van der Waals surface area contributed by atoms with Gasteiger partial charge in [0.05, 0.1) is 25.7 Å². The van der Waals surface area contributed by atoms with Crippen molar-refractivity contribution in [3.63, 3.8) is 0 Å². The van der Waals surface area contributed by atoms with Crippen LogP contribution in [0.15, 0.2) is 0 Å². The van der Waals surface area contributed by atoms with Crippen LogP contribution in [-0.2, 0) is 25.5 Å². The molecule has 0 bridgehead atoms. The summed E-state index contributed by atoms with van der Waals surface area (Å²) in [5, 5.41) is 2.77. The number of carbonyl (C=O) groups excluding carboxylic acids is 3. The number of amides is 1. The highest BCUT2D eigenvalue weighted by molar-refractivity contribution is 7.17. The van der Waals surface area contributed by atoms with Crippen molar-refractivity contribution in [1.82, 2.24) is 0 Å². The van der Waals surface area contributed by atoms with Crippen LogP contribution in [0.4, 0.5) is 5.00 Å². The van der Waals surface area contributed by atoms with Crippen molar-refractivity contribution in [3.8, 4) is 0 Å². The van der Waals surface area contributed by atoms with Gasteiger partial charge in [0, 0.05) is 4.88 Å². The second-order valence-corrected chi connectivity index (χ2v) is 6.74. The molecule has 0 spiro atoms. The average Bonchev–Trinajstić information content (AvgIpc) is 3.03. The number of thiophene rings is 1. The normalized spacial score (nSPS) is 16.3. The van der Waals surface area contributed by atoms with Gasteiger partial charge in [0.2, 0.25) is 0 Å². The van der Waals surface area contributed by atoms with Crippen LogP contribution in [0, 0.1) is 0 Å². The molecule has 9 heteroatoms. The van der Waals surface area contributed by atoms with Crippen molar-refractivity contribution in [2.75, 3.05) is 19.5 Å². The third-order valence-electron chi connectivity index (χ3n) is 3.34. The van der Waals surface area contributed by atoms with Crippen LogP contribution in [0.5, 0.6) is 0 Å². The molecular weight excluding hydrogens is 353 g/mol. The van der Waals surface area contributed by atoms with Crippen molar-refractivity contribution in [1.29, 1.82) is 0 Å². The molecule has 22 heavy (non-hydrogen) atoms. The van der Waals surface area contributed by atoms with Crippen LogP contribution < -0.4 is 5.32 Å². The molecule has 1 amide bonds. The Morgan fingerprint density at radius 3 is 2.50 bits per heavy atom. The van der Waals surface area contributed by atoms with Gasteiger partial charge in [-0.25, -0.2) is 4.79 Å². The molecule has 1 N–H and O–H groups in total. The maximum atomic E-state index is 12.1. The number of carbonyl (C=O) groups is 3. The topological polar surface area (TPSA) is 81.7 Å². The number of methoxy groups -OCH3 is 2. The lowest BCUT2D eigenvalue weighted by atomic mass is 9.99. The Bertz CT molecular complexity index is 628.